The van der Waals surface area contributed by atoms with Gasteiger partial charge in [0.1, 0.15) is 13.2 Å². The monoisotopic (exact) mass is 1000 g/mol. The quantitative estimate of drug-likeness (QED) is 0.0343. The lowest BCUT2D eigenvalue weighted by atomic mass is 9.99. The molecular weight excluding hydrogens is 877 g/mol. The molecule has 0 aromatic rings. The average Bonchev–Trinajstić information content (AvgIpc) is 3.35. The smallest absolute Gasteiger partial charge is 0.306 e. The third-order valence-electron chi connectivity index (χ3n) is 15.3. The summed E-state index contributed by atoms with van der Waals surface area (Å²) in [6.45, 7) is 13.8. The summed E-state index contributed by atoms with van der Waals surface area (Å²) in [5.74, 6) is 1.75. The summed E-state index contributed by atoms with van der Waals surface area (Å²) >= 11 is 0. The lowest BCUT2D eigenvalue weighted by molar-refractivity contribution is -0.167. The standard InChI is InChI=1S/C65H126O6/c1-7-61(6)53-47-41-35-29-23-16-12-10-8-9-11-13-17-24-30-36-42-48-54-63(66)69-57-62(58-70-64(67)55-49-43-37-31-25-20-19-22-28-34-40-46-52-60(4)5)71-65(68)56-50-44-38-32-26-18-14-15-21-27-33-39-45-51-59(2)3/h59-62H,7-58H2,1-6H3/t61?,62-/m0/s1. The molecule has 0 radical (unpaired) electrons. The molecule has 0 amide bonds. The van der Waals surface area contributed by atoms with Gasteiger partial charge in [0.15, 0.2) is 6.10 Å². The van der Waals surface area contributed by atoms with Crippen molar-refractivity contribution in [2.45, 2.75) is 369 Å². The fourth-order valence-corrected chi connectivity index (χ4v) is 10.0. The van der Waals surface area contributed by atoms with Crippen LogP contribution in [0.5, 0.6) is 0 Å². The molecule has 0 N–H and O–H groups in total. The second-order valence-corrected chi connectivity index (χ2v) is 23.6. The van der Waals surface area contributed by atoms with Crippen LogP contribution in [0.25, 0.3) is 0 Å². The lowest BCUT2D eigenvalue weighted by Crippen LogP contribution is -2.30. The highest BCUT2D eigenvalue weighted by atomic mass is 16.6. The summed E-state index contributed by atoms with van der Waals surface area (Å²) in [6.07, 6.45) is 61.0. The molecule has 0 fully saturated rings. The number of carbonyl (C=O) groups excluding carboxylic acids is 3. The Kier molecular flexibility index (Phi) is 54.9. The molecule has 0 spiro atoms. The molecule has 0 aliphatic rings. The van der Waals surface area contributed by atoms with Crippen LogP contribution >= 0.6 is 0 Å². The zero-order chi connectivity index (χ0) is 51.9. The molecule has 0 aromatic heterocycles. The highest BCUT2D eigenvalue weighted by Gasteiger charge is 2.19. The van der Waals surface area contributed by atoms with Gasteiger partial charge in [0.05, 0.1) is 0 Å². The Morgan fingerprint density at radius 1 is 0.282 bits per heavy atom. The number of ether oxygens (including phenoxy) is 3. The zero-order valence-electron chi connectivity index (χ0n) is 49.0. The Hall–Kier alpha value is -1.59. The van der Waals surface area contributed by atoms with Crippen molar-refractivity contribution in [3.8, 4) is 0 Å². The number of hydrogen-bond acceptors (Lipinski definition) is 6. The van der Waals surface area contributed by atoms with E-state index in [0.29, 0.717) is 19.3 Å². The first-order valence-electron chi connectivity index (χ1n) is 32.1. The summed E-state index contributed by atoms with van der Waals surface area (Å²) in [4.78, 5) is 38.3. The molecule has 0 aliphatic heterocycles. The fourth-order valence-electron chi connectivity index (χ4n) is 10.0. The Labute approximate surface area is 444 Å². The largest absolute Gasteiger partial charge is 0.462 e. The van der Waals surface area contributed by atoms with Gasteiger partial charge >= 0.3 is 17.9 Å². The SMILES string of the molecule is CCC(C)CCCCCCCCCCCCCCCCCCCCC(=O)OC[C@@H](COC(=O)CCCCCCCCCCCCCCC(C)C)OC(=O)CCCCCCCCCCCCCCCC(C)C. The Balaban J connectivity index is 4.26. The van der Waals surface area contributed by atoms with Gasteiger partial charge in [0.25, 0.3) is 0 Å². The molecule has 0 saturated carbocycles. The predicted molar refractivity (Wildman–Crippen MR) is 307 cm³/mol. The number of carbonyl (C=O) groups is 3. The molecule has 0 aromatic carbocycles. The summed E-state index contributed by atoms with van der Waals surface area (Å²) in [6, 6.07) is 0. The molecule has 0 heterocycles. The minimum atomic E-state index is -0.764. The molecule has 0 rings (SSSR count). The molecule has 0 bridgehead atoms. The number of rotatable bonds is 58. The number of hydrogen-bond donors (Lipinski definition) is 0. The first-order valence-corrected chi connectivity index (χ1v) is 32.1. The third-order valence-corrected chi connectivity index (χ3v) is 15.3. The van der Waals surface area contributed by atoms with Crippen LogP contribution in [0, 0.1) is 17.8 Å². The fraction of sp³-hybridized carbons (Fsp3) is 0.954. The van der Waals surface area contributed by atoms with Gasteiger partial charge in [-0.25, -0.2) is 0 Å². The van der Waals surface area contributed by atoms with E-state index in [1.54, 1.807) is 0 Å². The Bertz CT molecular complexity index is 1100. The summed E-state index contributed by atoms with van der Waals surface area (Å²) in [7, 11) is 0. The van der Waals surface area contributed by atoms with Crippen molar-refractivity contribution in [3.63, 3.8) is 0 Å². The minimum Gasteiger partial charge on any atom is -0.462 e. The van der Waals surface area contributed by atoms with E-state index in [0.717, 1.165) is 75.5 Å². The molecular formula is C65H126O6. The zero-order valence-corrected chi connectivity index (χ0v) is 49.0. The molecule has 0 saturated heterocycles. The van der Waals surface area contributed by atoms with E-state index >= 15 is 0 Å². The van der Waals surface area contributed by atoms with Gasteiger partial charge in [-0.15, -0.1) is 0 Å². The maximum atomic E-state index is 12.9. The lowest BCUT2D eigenvalue weighted by Gasteiger charge is -2.18. The van der Waals surface area contributed by atoms with E-state index in [1.807, 2.05) is 0 Å². The summed E-state index contributed by atoms with van der Waals surface area (Å²) in [5.41, 5.74) is 0. The summed E-state index contributed by atoms with van der Waals surface area (Å²) < 4.78 is 17.0. The maximum absolute atomic E-state index is 12.9. The highest BCUT2D eigenvalue weighted by Crippen LogP contribution is 2.19. The van der Waals surface area contributed by atoms with E-state index in [9.17, 15) is 14.4 Å². The van der Waals surface area contributed by atoms with Crippen LogP contribution in [-0.4, -0.2) is 37.2 Å². The van der Waals surface area contributed by atoms with Crippen molar-refractivity contribution < 1.29 is 28.6 Å². The number of unbranched alkanes of at least 4 members (excludes halogenated alkanes) is 40. The second-order valence-electron chi connectivity index (χ2n) is 23.6. The van der Waals surface area contributed by atoms with E-state index in [1.165, 1.54) is 244 Å². The molecule has 6 heteroatoms. The molecule has 2 atom stereocenters. The molecule has 0 aliphatic carbocycles. The summed E-state index contributed by atoms with van der Waals surface area (Å²) in [5, 5.41) is 0. The van der Waals surface area contributed by atoms with E-state index < -0.39 is 6.10 Å². The van der Waals surface area contributed by atoms with Crippen molar-refractivity contribution in [1.82, 2.24) is 0 Å². The van der Waals surface area contributed by atoms with Crippen LogP contribution < -0.4 is 0 Å². The first kappa shape index (κ1) is 69.4. The van der Waals surface area contributed by atoms with Crippen molar-refractivity contribution in [2.24, 2.45) is 17.8 Å². The van der Waals surface area contributed by atoms with Gasteiger partial charge in [-0.1, -0.05) is 324 Å². The van der Waals surface area contributed by atoms with Crippen molar-refractivity contribution in [2.75, 3.05) is 13.2 Å². The highest BCUT2D eigenvalue weighted by molar-refractivity contribution is 5.71. The van der Waals surface area contributed by atoms with Crippen LogP contribution in [0.15, 0.2) is 0 Å². The number of esters is 3. The van der Waals surface area contributed by atoms with E-state index in [4.69, 9.17) is 14.2 Å². The normalized spacial score (nSPS) is 12.5. The van der Waals surface area contributed by atoms with Gasteiger partial charge in [0, 0.05) is 19.3 Å². The van der Waals surface area contributed by atoms with Crippen molar-refractivity contribution in [3.05, 3.63) is 0 Å². The molecule has 1 unspecified atom stereocenters. The predicted octanol–water partition coefficient (Wildman–Crippen LogP) is 21.5. The van der Waals surface area contributed by atoms with Crippen LogP contribution in [-0.2, 0) is 28.6 Å². The van der Waals surface area contributed by atoms with Crippen LogP contribution in [0.4, 0.5) is 0 Å². The maximum Gasteiger partial charge on any atom is 0.306 e. The molecule has 422 valence electrons. The minimum absolute atomic E-state index is 0.0626. The third kappa shape index (κ3) is 57.5. The second kappa shape index (κ2) is 56.1. The van der Waals surface area contributed by atoms with Gasteiger partial charge in [-0.2, -0.15) is 0 Å². The molecule has 71 heavy (non-hydrogen) atoms. The van der Waals surface area contributed by atoms with E-state index in [2.05, 4.69) is 41.5 Å². The molecule has 6 nitrogen and oxygen atoms in total. The Morgan fingerprint density at radius 2 is 0.493 bits per heavy atom. The van der Waals surface area contributed by atoms with Crippen molar-refractivity contribution >= 4 is 17.9 Å². The Morgan fingerprint density at radius 3 is 0.732 bits per heavy atom. The van der Waals surface area contributed by atoms with Crippen LogP contribution in [0.1, 0.15) is 363 Å². The van der Waals surface area contributed by atoms with Crippen LogP contribution in [0.3, 0.4) is 0 Å². The van der Waals surface area contributed by atoms with Crippen LogP contribution in [0.2, 0.25) is 0 Å². The average molecular weight is 1000 g/mol. The van der Waals surface area contributed by atoms with Gasteiger partial charge in [0.2, 0.25) is 0 Å². The topological polar surface area (TPSA) is 78.9 Å². The van der Waals surface area contributed by atoms with E-state index in [-0.39, 0.29) is 31.1 Å². The van der Waals surface area contributed by atoms with Gasteiger partial charge < -0.3 is 14.2 Å². The van der Waals surface area contributed by atoms with Crippen molar-refractivity contribution in [1.29, 1.82) is 0 Å². The van der Waals surface area contributed by atoms with Gasteiger partial charge in [-0.3, -0.25) is 14.4 Å². The first-order chi connectivity index (χ1) is 34.6. The van der Waals surface area contributed by atoms with Gasteiger partial charge in [-0.05, 0) is 37.0 Å².